The van der Waals surface area contributed by atoms with Crippen molar-refractivity contribution in [3.63, 3.8) is 0 Å². The van der Waals surface area contributed by atoms with E-state index in [0.717, 1.165) is 34.8 Å². The minimum Gasteiger partial charge on any atom is -0.360 e. The minimum atomic E-state index is 0.305. The largest absolute Gasteiger partial charge is 0.360 e. The molecule has 0 saturated heterocycles. The van der Waals surface area contributed by atoms with Crippen molar-refractivity contribution in [2.45, 2.75) is 32.7 Å². The molecule has 1 aromatic heterocycles. The summed E-state index contributed by atoms with van der Waals surface area (Å²) < 4.78 is 0. The molecule has 0 aliphatic rings. The van der Waals surface area contributed by atoms with E-state index >= 15 is 0 Å². The molecule has 5 heteroatoms. The average Bonchev–Trinajstić information content (AvgIpc) is 3.07. The number of aromatic nitrogens is 1. The van der Waals surface area contributed by atoms with Crippen molar-refractivity contribution < 1.29 is 0 Å². The van der Waals surface area contributed by atoms with Crippen molar-refractivity contribution in [3.8, 4) is 11.3 Å². The van der Waals surface area contributed by atoms with Crippen molar-refractivity contribution in [2.24, 2.45) is 0 Å². The first kappa shape index (κ1) is 18.5. The molecule has 0 aliphatic carbocycles. The molecule has 1 atom stereocenters. The highest BCUT2D eigenvalue weighted by molar-refractivity contribution is 7.80. The van der Waals surface area contributed by atoms with E-state index in [1.807, 2.05) is 25.1 Å². The zero-order valence-corrected chi connectivity index (χ0v) is 16.7. The zero-order valence-electron chi connectivity index (χ0n) is 15.0. The molecule has 0 amide bonds. The number of aryl methyl sites for hydroxylation is 2. The lowest BCUT2D eigenvalue weighted by Crippen LogP contribution is -2.36. The van der Waals surface area contributed by atoms with Gasteiger partial charge in [0.05, 0.1) is 10.7 Å². The summed E-state index contributed by atoms with van der Waals surface area (Å²) in [6, 6.07) is 19.0. The van der Waals surface area contributed by atoms with Gasteiger partial charge in [-0.25, -0.2) is 4.98 Å². The number of benzene rings is 2. The van der Waals surface area contributed by atoms with Gasteiger partial charge in [-0.15, -0.1) is 11.3 Å². The molecule has 3 rings (SSSR count). The first-order chi connectivity index (χ1) is 12.6. The van der Waals surface area contributed by atoms with Gasteiger partial charge >= 0.3 is 0 Å². The Morgan fingerprint density at radius 3 is 2.69 bits per heavy atom. The second-order valence-electron chi connectivity index (χ2n) is 6.36. The van der Waals surface area contributed by atoms with Gasteiger partial charge < -0.3 is 10.6 Å². The quantitative estimate of drug-likeness (QED) is 0.559. The first-order valence-electron chi connectivity index (χ1n) is 8.74. The minimum absolute atomic E-state index is 0.305. The third-order valence-corrected chi connectivity index (χ3v) is 5.11. The first-order valence-corrected chi connectivity index (χ1v) is 10.0. The summed E-state index contributed by atoms with van der Waals surface area (Å²) in [5.41, 5.74) is 4.43. The molecule has 2 N–H and O–H groups in total. The Morgan fingerprint density at radius 1 is 1.15 bits per heavy atom. The van der Waals surface area contributed by atoms with E-state index in [-0.39, 0.29) is 0 Å². The fourth-order valence-electron chi connectivity index (χ4n) is 2.74. The van der Waals surface area contributed by atoms with Crippen LogP contribution >= 0.6 is 23.6 Å². The predicted molar refractivity (Wildman–Crippen MR) is 116 cm³/mol. The summed E-state index contributed by atoms with van der Waals surface area (Å²) in [7, 11) is 0. The summed E-state index contributed by atoms with van der Waals surface area (Å²) >= 11 is 7.13. The topological polar surface area (TPSA) is 37.0 Å². The van der Waals surface area contributed by atoms with E-state index in [0.29, 0.717) is 11.2 Å². The molecular weight excluding hydrogens is 358 g/mol. The molecule has 0 aliphatic heterocycles. The number of thiazole rings is 1. The van der Waals surface area contributed by atoms with Gasteiger partial charge in [0.15, 0.2) is 5.11 Å². The van der Waals surface area contributed by atoms with Crippen LogP contribution in [-0.2, 0) is 6.42 Å². The predicted octanol–water partition coefficient (Wildman–Crippen LogP) is 5.43. The highest BCUT2D eigenvalue weighted by Gasteiger charge is 2.07. The smallest absolute Gasteiger partial charge is 0.170 e. The van der Waals surface area contributed by atoms with E-state index in [1.54, 1.807) is 11.3 Å². The van der Waals surface area contributed by atoms with Gasteiger partial charge in [0.25, 0.3) is 0 Å². The van der Waals surface area contributed by atoms with Crippen LogP contribution in [0.2, 0.25) is 0 Å². The van der Waals surface area contributed by atoms with E-state index < -0.39 is 0 Å². The molecule has 134 valence electrons. The van der Waals surface area contributed by atoms with Crippen molar-refractivity contribution in [1.29, 1.82) is 0 Å². The molecule has 0 spiro atoms. The Bertz CT molecular complexity index is 858. The average molecular weight is 382 g/mol. The Hall–Kier alpha value is -2.24. The SMILES string of the molecule is Cc1nc(-c2cccc(NC(=S)N[C@H](C)CCc3ccccc3)c2)cs1. The third kappa shape index (κ3) is 5.38. The summed E-state index contributed by atoms with van der Waals surface area (Å²) in [6.07, 6.45) is 2.07. The summed E-state index contributed by atoms with van der Waals surface area (Å²) in [5.74, 6) is 0. The van der Waals surface area contributed by atoms with Gasteiger partial charge in [-0.05, 0) is 56.6 Å². The van der Waals surface area contributed by atoms with Gasteiger partial charge in [-0.2, -0.15) is 0 Å². The van der Waals surface area contributed by atoms with Crippen LogP contribution in [0.3, 0.4) is 0 Å². The monoisotopic (exact) mass is 381 g/mol. The molecule has 0 fully saturated rings. The maximum atomic E-state index is 5.47. The fraction of sp³-hybridized carbons (Fsp3) is 0.238. The molecular formula is C21H23N3S2. The second kappa shape index (κ2) is 8.92. The molecule has 0 bridgehead atoms. The maximum Gasteiger partial charge on any atom is 0.170 e. The number of nitrogens with zero attached hydrogens (tertiary/aromatic N) is 1. The van der Waals surface area contributed by atoms with E-state index in [1.165, 1.54) is 5.56 Å². The van der Waals surface area contributed by atoms with E-state index in [9.17, 15) is 0 Å². The Kier molecular flexibility index (Phi) is 6.36. The highest BCUT2D eigenvalue weighted by atomic mass is 32.1. The van der Waals surface area contributed by atoms with E-state index in [4.69, 9.17) is 12.2 Å². The molecule has 1 heterocycles. The number of hydrogen-bond donors (Lipinski definition) is 2. The van der Waals surface area contributed by atoms with Crippen molar-refractivity contribution in [3.05, 3.63) is 70.5 Å². The molecule has 26 heavy (non-hydrogen) atoms. The van der Waals surface area contributed by atoms with Crippen LogP contribution in [0.1, 0.15) is 23.9 Å². The number of anilines is 1. The van der Waals surface area contributed by atoms with Crippen LogP contribution < -0.4 is 10.6 Å². The highest BCUT2D eigenvalue weighted by Crippen LogP contribution is 2.24. The van der Waals surface area contributed by atoms with Crippen molar-refractivity contribution >= 4 is 34.4 Å². The molecule has 2 aromatic carbocycles. The van der Waals surface area contributed by atoms with Gasteiger partial charge in [0, 0.05) is 22.7 Å². The van der Waals surface area contributed by atoms with Gasteiger partial charge in [-0.3, -0.25) is 0 Å². The van der Waals surface area contributed by atoms with Crippen LogP contribution in [0.5, 0.6) is 0 Å². The summed E-state index contributed by atoms with van der Waals surface area (Å²) in [4.78, 5) is 4.54. The van der Waals surface area contributed by atoms with Crippen LogP contribution in [0.4, 0.5) is 5.69 Å². The van der Waals surface area contributed by atoms with Crippen LogP contribution in [-0.4, -0.2) is 16.1 Å². The van der Waals surface area contributed by atoms with Crippen molar-refractivity contribution in [1.82, 2.24) is 10.3 Å². The summed E-state index contributed by atoms with van der Waals surface area (Å²) in [5, 5.41) is 10.5. The molecule has 0 unspecified atom stereocenters. The lowest BCUT2D eigenvalue weighted by atomic mass is 10.1. The number of rotatable bonds is 6. The number of hydrogen-bond acceptors (Lipinski definition) is 3. The Balaban J connectivity index is 1.53. The normalized spacial score (nSPS) is 11.8. The van der Waals surface area contributed by atoms with Gasteiger partial charge in [-0.1, -0.05) is 42.5 Å². The molecule has 0 saturated carbocycles. The lowest BCUT2D eigenvalue weighted by molar-refractivity contribution is 0.609. The van der Waals surface area contributed by atoms with Crippen LogP contribution in [0, 0.1) is 6.92 Å². The Labute approximate surface area is 164 Å². The lowest BCUT2D eigenvalue weighted by Gasteiger charge is -2.17. The van der Waals surface area contributed by atoms with Gasteiger partial charge in [0.1, 0.15) is 0 Å². The molecule has 3 nitrogen and oxygen atoms in total. The van der Waals surface area contributed by atoms with Crippen molar-refractivity contribution in [2.75, 3.05) is 5.32 Å². The second-order valence-corrected chi connectivity index (χ2v) is 7.83. The summed E-state index contributed by atoms with van der Waals surface area (Å²) in [6.45, 7) is 4.18. The number of nitrogens with one attached hydrogen (secondary N) is 2. The molecule has 0 radical (unpaired) electrons. The standard InChI is InChI=1S/C21H23N3S2/c1-15(11-12-17-7-4-3-5-8-17)22-21(25)24-19-10-6-9-18(13-19)20-14-26-16(2)23-20/h3-10,13-15H,11-12H2,1-2H3,(H2,22,24,25)/t15-/m1/s1. The number of thiocarbonyl (C=S) groups is 1. The Morgan fingerprint density at radius 2 is 1.96 bits per heavy atom. The molecule has 3 aromatic rings. The van der Waals surface area contributed by atoms with Crippen LogP contribution in [0.25, 0.3) is 11.3 Å². The third-order valence-electron chi connectivity index (χ3n) is 4.12. The van der Waals surface area contributed by atoms with Crippen LogP contribution in [0.15, 0.2) is 60.0 Å². The zero-order chi connectivity index (χ0) is 18.4. The fourth-order valence-corrected chi connectivity index (χ4v) is 3.68. The maximum absolute atomic E-state index is 5.47. The van der Waals surface area contributed by atoms with Gasteiger partial charge in [0.2, 0.25) is 0 Å². The van der Waals surface area contributed by atoms with E-state index in [2.05, 4.69) is 64.3 Å².